The second kappa shape index (κ2) is 3.65. The van der Waals surface area contributed by atoms with Crippen LogP contribution in [0.3, 0.4) is 0 Å². The summed E-state index contributed by atoms with van der Waals surface area (Å²) in [5.41, 5.74) is 1.11. The minimum atomic E-state index is -0.114. The third-order valence-electron chi connectivity index (χ3n) is 2.16. The Morgan fingerprint density at radius 1 is 1.50 bits per heavy atom. The molecular weight excluding hydrogens is 168 g/mol. The van der Waals surface area contributed by atoms with Gasteiger partial charge in [0, 0.05) is 0 Å². The molecule has 1 heterocycles. The molecule has 1 saturated heterocycles. The summed E-state index contributed by atoms with van der Waals surface area (Å²) >= 11 is 1.80. The standard InChI is InChI=1S/C10H16OS/c1-8(2)7-9(11)10(3)5-4-6-12-10/h7H,4-6H2,1-3H3. The van der Waals surface area contributed by atoms with Crippen LogP contribution in [-0.2, 0) is 4.79 Å². The lowest BCUT2D eigenvalue weighted by Gasteiger charge is -2.18. The Labute approximate surface area is 78.6 Å². The maximum Gasteiger partial charge on any atom is 0.171 e. The smallest absolute Gasteiger partial charge is 0.171 e. The maximum absolute atomic E-state index is 11.7. The third-order valence-corrected chi connectivity index (χ3v) is 3.70. The van der Waals surface area contributed by atoms with E-state index in [-0.39, 0.29) is 4.75 Å². The minimum Gasteiger partial charge on any atom is -0.293 e. The van der Waals surface area contributed by atoms with Gasteiger partial charge in [0.2, 0.25) is 0 Å². The van der Waals surface area contributed by atoms with Gasteiger partial charge < -0.3 is 0 Å². The topological polar surface area (TPSA) is 17.1 Å². The van der Waals surface area contributed by atoms with Crippen molar-refractivity contribution in [2.45, 2.75) is 38.4 Å². The highest BCUT2D eigenvalue weighted by molar-refractivity contribution is 8.01. The third kappa shape index (κ3) is 2.13. The number of hydrogen-bond donors (Lipinski definition) is 0. The molecule has 12 heavy (non-hydrogen) atoms. The molecule has 1 aliphatic heterocycles. The van der Waals surface area contributed by atoms with Gasteiger partial charge in [0.05, 0.1) is 4.75 Å². The van der Waals surface area contributed by atoms with Crippen LogP contribution in [0.4, 0.5) is 0 Å². The van der Waals surface area contributed by atoms with Crippen molar-refractivity contribution >= 4 is 17.5 Å². The van der Waals surface area contributed by atoms with Gasteiger partial charge in [-0.3, -0.25) is 4.79 Å². The van der Waals surface area contributed by atoms with Crippen molar-refractivity contribution in [1.82, 2.24) is 0 Å². The average Bonchev–Trinajstić information content (AvgIpc) is 2.36. The molecule has 1 atom stereocenters. The predicted molar refractivity (Wildman–Crippen MR) is 54.5 cm³/mol. The zero-order valence-corrected chi connectivity index (χ0v) is 8.83. The number of allylic oxidation sites excluding steroid dienone is 2. The van der Waals surface area contributed by atoms with Gasteiger partial charge in [0.1, 0.15) is 0 Å². The van der Waals surface area contributed by atoms with E-state index in [2.05, 4.69) is 6.92 Å². The van der Waals surface area contributed by atoms with Gasteiger partial charge in [-0.1, -0.05) is 5.57 Å². The summed E-state index contributed by atoms with van der Waals surface area (Å²) in [6, 6.07) is 0. The SMILES string of the molecule is CC(C)=CC(=O)C1(C)CCCS1. The lowest BCUT2D eigenvalue weighted by Crippen LogP contribution is -2.26. The van der Waals surface area contributed by atoms with E-state index in [1.807, 2.05) is 13.8 Å². The van der Waals surface area contributed by atoms with Crippen molar-refractivity contribution in [3.05, 3.63) is 11.6 Å². The summed E-state index contributed by atoms with van der Waals surface area (Å²) < 4.78 is -0.114. The normalized spacial score (nSPS) is 28.6. The summed E-state index contributed by atoms with van der Waals surface area (Å²) in [5, 5.41) is 0. The molecule has 0 aromatic rings. The lowest BCUT2D eigenvalue weighted by atomic mass is 9.99. The fraction of sp³-hybridized carbons (Fsp3) is 0.700. The molecular formula is C10H16OS. The van der Waals surface area contributed by atoms with Gasteiger partial charge in [-0.15, -0.1) is 11.8 Å². The molecule has 0 bridgehead atoms. The molecule has 1 aliphatic rings. The highest BCUT2D eigenvalue weighted by atomic mass is 32.2. The van der Waals surface area contributed by atoms with Crippen LogP contribution < -0.4 is 0 Å². The molecule has 0 N–H and O–H groups in total. The Bertz CT molecular complexity index is 208. The summed E-state index contributed by atoms with van der Waals surface area (Å²) in [5.74, 6) is 1.43. The molecule has 0 amide bonds. The summed E-state index contributed by atoms with van der Waals surface area (Å²) in [6.07, 6.45) is 4.00. The Kier molecular flexibility index (Phi) is 2.99. The molecule has 0 aliphatic carbocycles. The molecule has 1 fully saturated rings. The number of carbonyl (C=O) groups excluding carboxylic acids is 1. The van der Waals surface area contributed by atoms with Gasteiger partial charge in [-0.25, -0.2) is 0 Å². The number of hydrogen-bond acceptors (Lipinski definition) is 2. The monoisotopic (exact) mass is 184 g/mol. The largest absolute Gasteiger partial charge is 0.293 e. The molecule has 1 unspecified atom stereocenters. The van der Waals surface area contributed by atoms with Crippen LogP contribution in [0.1, 0.15) is 33.6 Å². The van der Waals surface area contributed by atoms with E-state index in [0.29, 0.717) is 5.78 Å². The van der Waals surface area contributed by atoms with Crippen molar-refractivity contribution in [2.24, 2.45) is 0 Å². The van der Waals surface area contributed by atoms with Crippen molar-refractivity contribution in [1.29, 1.82) is 0 Å². The quantitative estimate of drug-likeness (QED) is 0.614. The second-order valence-electron chi connectivity index (χ2n) is 3.77. The second-order valence-corrected chi connectivity index (χ2v) is 5.37. The Morgan fingerprint density at radius 2 is 2.17 bits per heavy atom. The molecule has 0 aromatic heterocycles. The lowest BCUT2D eigenvalue weighted by molar-refractivity contribution is -0.116. The van der Waals surface area contributed by atoms with Gasteiger partial charge in [-0.05, 0) is 45.4 Å². The van der Waals surface area contributed by atoms with Gasteiger partial charge >= 0.3 is 0 Å². The van der Waals surface area contributed by atoms with Crippen LogP contribution in [0.2, 0.25) is 0 Å². The van der Waals surface area contributed by atoms with E-state index in [9.17, 15) is 4.79 Å². The highest BCUT2D eigenvalue weighted by Gasteiger charge is 2.35. The number of thioether (sulfide) groups is 1. The predicted octanol–water partition coefficient (Wildman–Crippen LogP) is 2.81. The van der Waals surface area contributed by atoms with E-state index in [1.54, 1.807) is 17.8 Å². The van der Waals surface area contributed by atoms with Crippen molar-refractivity contribution in [2.75, 3.05) is 5.75 Å². The van der Waals surface area contributed by atoms with Crippen LogP contribution in [0.15, 0.2) is 11.6 Å². The minimum absolute atomic E-state index is 0.114. The van der Waals surface area contributed by atoms with E-state index < -0.39 is 0 Å². The first-order valence-electron chi connectivity index (χ1n) is 4.38. The average molecular weight is 184 g/mol. The molecule has 1 rings (SSSR count). The van der Waals surface area contributed by atoms with E-state index in [4.69, 9.17) is 0 Å². The van der Waals surface area contributed by atoms with Crippen LogP contribution in [-0.4, -0.2) is 16.3 Å². The number of carbonyl (C=O) groups is 1. The zero-order chi connectivity index (χ0) is 9.19. The molecule has 2 heteroatoms. The fourth-order valence-corrected chi connectivity index (χ4v) is 2.62. The van der Waals surface area contributed by atoms with Gasteiger partial charge in [0.25, 0.3) is 0 Å². The molecule has 0 saturated carbocycles. The van der Waals surface area contributed by atoms with Crippen LogP contribution in [0, 0.1) is 0 Å². The molecule has 68 valence electrons. The first kappa shape index (κ1) is 9.85. The van der Waals surface area contributed by atoms with E-state index in [1.165, 1.54) is 6.42 Å². The van der Waals surface area contributed by atoms with Crippen LogP contribution >= 0.6 is 11.8 Å². The van der Waals surface area contributed by atoms with Crippen molar-refractivity contribution in [3.8, 4) is 0 Å². The fourth-order valence-electron chi connectivity index (χ4n) is 1.39. The van der Waals surface area contributed by atoms with Crippen molar-refractivity contribution < 1.29 is 4.79 Å². The first-order valence-corrected chi connectivity index (χ1v) is 5.36. The summed E-state index contributed by atoms with van der Waals surface area (Å²) in [6.45, 7) is 6.01. The van der Waals surface area contributed by atoms with E-state index >= 15 is 0 Å². The Morgan fingerprint density at radius 3 is 2.58 bits per heavy atom. The summed E-state index contributed by atoms with van der Waals surface area (Å²) in [7, 11) is 0. The van der Waals surface area contributed by atoms with E-state index in [0.717, 1.165) is 17.7 Å². The van der Waals surface area contributed by atoms with Gasteiger partial charge in [0.15, 0.2) is 5.78 Å². The van der Waals surface area contributed by atoms with Gasteiger partial charge in [-0.2, -0.15) is 0 Å². The maximum atomic E-state index is 11.7. The number of ketones is 1. The zero-order valence-electron chi connectivity index (χ0n) is 8.02. The molecule has 0 radical (unpaired) electrons. The highest BCUT2D eigenvalue weighted by Crippen LogP contribution is 2.38. The number of rotatable bonds is 2. The first-order chi connectivity index (χ1) is 5.54. The Balaban J connectivity index is 2.68. The molecule has 0 spiro atoms. The molecule has 0 aromatic carbocycles. The van der Waals surface area contributed by atoms with Crippen LogP contribution in [0.5, 0.6) is 0 Å². The Hall–Kier alpha value is -0.240. The van der Waals surface area contributed by atoms with Crippen molar-refractivity contribution in [3.63, 3.8) is 0 Å². The van der Waals surface area contributed by atoms with Crippen LogP contribution in [0.25, 0.3) is 0 Å². The molecule has 1 nitrogen and oxygen atoms in total. The summed E-state index contributed by atoms with van der Waals surface area (Å²) in [4.78, 5) is 11.7.